The van der Waals surface area contributed by atoms with Gasteiger partial charge < -0.3 is 4.74 Å². The van der Waals surface area contributed by atoms with E-state index in [4.69, 9.17) is 4.74 Å². The summed E-state index contributed by atoms with van der Waals surface area (Å²) in [5, 5.41) is 0. The molecule has 0 bridgehead atoms. The van der Waals surface area contributed by atoms with Crippen LogP contribution in [0.25, 0.3) is 0 Å². The van der Waals surface area contributed by atoms with Crippen molar-refractivity contribution in [2.75, 3.05) is 6.61 Å². The molecule has 2 rings (SSSR count). The van der Waals surface area contributed by atoms with Crippen LogP contribution in [-0.4, -0.2) is 12.9 Å². The van der Waals surface area contributed by atoms with Crippen molar-refractivity contribution in [3.8, 4) is 5.75 Å². The van der Waals surface area contributed by atoms with Crippen molar-refractivity contribution < 1.29 is 9.53 Å². The molecule has 2 heteroatoms. The minimum absolute atomic E-state index is 0.188. The summed E-state index contributed by atoms with van der Waals surface area (Å²) in [5.74, 6) is 0.961. The second-order valence-electron chi connectivity index (χ2n) is 7.47. The van der Waals surface area contributed by atoms with Crippen LogP contribution < -0.4 is 4.74 Å². The molecule has 0 N–H and O–H groups in total. The van der Waals surface area contributed by atoms with E-state index in [2.05, 4.69) is 39.8 Å². The topological polar surface area (TPSA) is 26.3 Å². The van der Waals surface area contributed by atoms with Crippen LogP contribution in [0.2, 0.25) is 0 Å². The standard InChI is InChI=1S/C20H28O2/c1-6-22-18-14-17-16(13-15(18)9-7-8-12-21)19(2,3)10-11-20(17,4)5/h7-8,12-14H,6,9-11H2,1-5H3. The molecule has 1 aromatic carbocycles. The molecular weight excluding hydrogens is 272 g/mol. The maximum Gasteiger partial charge on any atom is 0.142 e. The predicted octanol–water partition coefficient (Wildman–Crippen LogP) is 4.73. The zero-order valence-electron chi connectivity index (χ0n) is 14.5. The molecule has 120 valence electrons. The second kappa shape index (κ2) is 6.28. The van der Waals surface area contributed by atoms with Gasteiger partial charge in [0, 0.05) is 0 Å². The Balaban J connectivity index is 2.56. The van der Waals surface area contributed by atoms with Gasteiger partial charge in [0.15, 0.2) is 0 Å². The number of aldehydes is 1. The molecule has 1 aromatic rings. The summed E-state index contributed by atoms with van der Waals surface area (Å²) < 4.78 is 5.87. The van der Waals surface area contributed by atoms with E-state index in [-0.39, 0.29) is 10.8 Å². The summed E-state index contributed by atoms with van der Waals surface area (Å²) in [6, 6.07) is 4.54. The zero-order valence-corrected chi connectivity index (χ0v) is 14.5. The van der Waals surface area contributed by atoms with Gasteiger partial charge in [0.1, 0.15) is 12.0 Å². The van der Waals surface area contributed by atoms with Crippen LogP contribution >= 0.6 is 0 Å². The molecule has 1 aliphatic carbocycles. The Morgan fingerprint density at radius 2 is 1.68 bits per heavy atom. The molecule has 0 atom stereocenters. The van der Waals surface area contributed by atoms with Gasteiger partial charge >= 0.3 is 0 Å². The summed E-state index contributed by atoms with van der Waals surface area (Å²) in [4.78, 5) is 10.5. The monoisotopic (exact) mass is 300 g/mol. The van der Waals surface area contributed by atoms with E-state index in [0.29, 0.717) is 6.61 Å². The molecule has 22 heavy (non-hydrogen) atoms. The number of benzene rings is 1. The zero-order chi connectivity index (χ0) is 16.4. The molecule has 0 aliphatic heterocycles. The highest BCUT2D eigenvalue weighted by molar-refractivity contribution is 5.64. The lowest BCUT2D eigenvalue weighted by molar-refractivity contribution is -0.104. The molecule has 0 fully saturated rings. The van der Waals surface area contributed by atoms with Crippen molar-refractivity contribution in [2.45, 2.75) is 64.7 Å². The number of hydrogen-bond donors (Lipinski definition) is 0. The van der Waals surface area contributed by atoms with Crippen molar-refractivity contribution in [1.82, 2.24) is 0 Å². The Labute approximate surface area is 134 Å². The minimum atomic E-state index is 0.188. The largest absolute Gasteiger partial charge is 0.494 e. The van der Waals surface area contributed by atoms with Gasteiger partial charge in [-0.15, -0.1) is 0 Å². The lowest BCUT2D eigenvalue weighted by atomic mass is 9.63. The SMILES string of the molecule is CCOc1cc2c(cc1CC=CC=O)C(C)(C)CCC2(C)C. The first-order valence-corrected chi connectivity index (χ1v) is 8.23. The quantitative estimate of drug-likeness (QED) is 0.580. The number of fused-ring (bicyclic) bond motifs is 1. The molecule has 0 spiro atoms. The van der Waals surface area contributed by atoms with Crippen molar-refractivity contribution in [2.24, 2.45) is 0 Å². The Morgan fingerprint density at radius 3 is 2.23 bits per heavy atom. The summed E-state index contributed by atoms with van der Waals surface area (Å²) in [5.41, 5.74) is 4.40. The van der Waals surface area contributed by atoms with Gasteiger partial charge in [0.25, 0.3) is 0 Å². The van der Waals surface area contributed by atoms with E-state index < -0.39 is 0 Å². The Kier molecular flexibility index (Phi) is 4.79. The number of carbonyl (C=O) groups excluding carboxylic acids is 1. The third kappa shape index (κ3) is 3.26. The average molecular weight is 300 g/mol. The lowest BCUT2D eigenvalue weighted by Gasteiger charge is -2.42. The Hall–Kier alpha value is -1.57. The van der Waals surface area contributed by atoms with E-state index in [9.17, 15) is 4.79 Å². The molecule has 0 saturated carbocycles. The van der Waals surface area contributed by atoms with Crippen LogP contribution in [0, 0.1) is 0 Å². The normalized spacial score (nSPS) is 19.0. The third-order valence-corrected chi connectivity index (χ3v) is 4.89. The first-order chi connectivity index (χ1) is 10.3. The molecule has 0 amide bonds. The maximum absolute atomic E-state index is 10.5. The van der Waals surface area contributed by atoms with Gasteiger partial charge in [-0.05, 0) is 65.8 Å². The molecule has 0 saturated heterocycles. The number of allylic oxidation sites excluding steroid dienone is 2. The third-order valence-electron chi connectivity index (χ3n) is 4.89. The van der Waals surface area contributed by atoms with Gasteiger partial charge in [-0.25, -0.2) is 0 Å². The van der Waals surface area contributed by atoms with Gasteiger partial charge in [0.2, 0.25) is 0 Å². The highest BCUT2D eigenvalue weighted by atomic mass is 16.5. The van der Waals surface area contributed by atoms with E-state index >= 15 is 0 Å². The first-order valence-electron chi connectivity index (χ1n) is 8.23. The van der Waals surface area contributed by atoms with Gasteiger partial charge in [-0.3, -0.25) is 4.79 Å². The molecule has 0 unspecified atom stereocenters. The molecule has 0 heterocycles. The fourth-order valence-electron chi connectivity index (χ4n) is 3.34. The summed E-state index contributed by atoms with van der Waals surface area (Å²) in [6.07, 6.45) is 7.42. The Morgan fingerprint density at radius 1 is 1.09 bits per heavy atom. The van der Waals surface area contributed by atoms with E-state index in [1.54, 1.807) is 6.08 Å². The van der Waals surface area contributed by atoms with Crippen LogP contribution in [0.4, 0.5) is 0 Å². The summed E-state index contributed by atoms with van der Waals surface area (Å²) in [7, 11) is 0. The molecule has 0 aromatic heterocycles. The van der Waals surface area contributed by atoms with Crippen molar-refractivity contribution in [1.29, 1.82) is 0 Å². The molecular formula is C20H28O2. The highest BCUT2D eigenvalue weighted by Gasteiger charge is 2.37. The van der Waals surface area contributed by atoms with Crippen molar-refractivity contribution in [3.63, 3.8) is 0 Å². The predicted molar refractivity (Wildman–Crippen MR) is 91.8 cm³/mol. The highest BCUT2D eigenvalue weighted by Crippen LogP contribution is 2.47. The van der Waals surface area contributed by atoms with Gasteiger partial charge in [-0.1, -0.05) is 39.8 Å². The van der Waals surface area contributed by atoms with Crippen LogP contribution in [0.3, 0.4) is 0 Å². The van der Waals surface area contributed by atoms with E-state index in [1.807, 2.05) is 13.0 Å². The molecule has 2 nitrogen and oxygen atoms in total. The Bertz CT molecular complexity index is 580. The minimum Gasteiger partial charge on any atom is -0.494 e. The fraction of sp³-hybridized carbons (Fsp3) is 0.550. The van der Waals surface area contributed by atoms with Gasteiger partial charge in [0.05, 0.1) is 6.61 Å². The summed E-state index contributed by atoms with van der Waals surface area (Å²) >= 11 is 0. The smallest absolute Gasteiger partial charge is 0.142 e. The maximum atomic E-state index is 10.5. The van der Waals surface area contributed by atoms with Gasteiger partial charge in [-0.2, -0.15) is 0 Å². The fourth-order valence-corrected chi connectivity index (χ4v) is 3.34. The number of carbonyl (C=O) groups is 1. The number of rotatable bonds is 5. The van der Waals surface area contributed by atoms with Crippen LogP contribution in [-0.2, 0) is 22.0 Å². The lowest BCUT2D eigenvalue weighted by Crippen LogP contribution is -2.34. The first kappa shape index (κ1) is 16.8. The van der Waals surface area contributed by atoms with Crippen LogP contribution in [0.15, 0.2) is 24.3 Å². The molecule has 1 aliphatic rings. The van der Waals surface area contributed by atoms with Crippen LogP contribution in [0.1, 0.15) is 64.2 Å². The average Bonchev–Trinajstić information content (AvgIpc) is 2.45. The number of hydrogen-bond acceptors (Lipinski definition) is 2. The van der Waals surface area contributed by atoms with Crippen molar-refractivity contribution in [3.05, 3.63) is 41.0 Å². The van der Waals surface area contributed by atoms with Crippen LogP contribution in [0.5, 0.6) is 5.75 Å². The van der Waals surface area contributed by atoms with Crippen molar-refractivity contribution >= 4 is 6.29 Å². The number of ether oxygens (including phenoxy) is 1. The summed E-state index contributed by atoms with van der Waals surface area (Å²) in [6.45, 7) is 12.0. The van der Waals surface area contributed by atoms with E-state index in [0.717, 1.165) is 18.5 Å². The van der Waals surface area contributed by atoms with E-state index in [1.165, 1.54) is 29.5 Å². The molecule has 0 radical (unpaired) electrons. The second-order valence-corrected chi connectivity index (χ2v) is 7.47.